The second-order valence-electron chi connectivity index (χ2n) is 5.16. The zero-order valence-electron chi connectivity index (χ0n) is 10.8. The normalized spacial score (nSPS) is 11.8. The molecular weight excluding hydrogens is 248 g/mol. The minimum atomic E-state index is -0.739. The van der Waals surface area contributed by atoms with Crippen molar-refractivity contribution in [2.45, 2.75) is 19.4 Å². The number of fused-ring (bicyclic) bond motifs is 1. The van der Waals surface area contributed by atoms with Gasteiger partial charge in [0.25, 0.3) is 0 Å². The van der Waals surface area contributed by atoms with Gasteiger partial charge in [-0.05, 0) is 38.1 Å². The van der Waals surface area contributed by atoms with Crippen molar-refractivity contribution in [3.63, 3.8) is 0 Å². The SMILES string of the molecule is CN(CC(C)(C)O)c1ccnc2cc(Cl)ccc12. The maximum absolute atomic E-state index is 9.89. The van der Waals surface area contributed by atoms with Crippen LogP contribution in [0.2, 0.25) is 5.02 Å². The molecule has 0 aliphatic heterocycles. The second-order valence-corrected chi connectivity index (χ2v) is 5.60. The van der Waals surface area contributed by atoms with Crippen molar-refractivity contribution in [1.82, 2.24) is 4.98 Å². The number of benzene rings is 1. The average molecular weight is 265 g/mol. The minimum absolute atomic E-state index is 0.550. The summed E-state index contributed by atoms with van der Waals surface area (Å²) >= 11 is 5.96. The molecule has 4 heteroatoms. The first kappa shape index (κ1) is 13.1. The molecule has 2 aromatic rings. The molecule has 1 aromatic heterocycles. The molecule has 0 bridgehead atoms. The summed E-state index contributed by atoms with van der Waals surface area (Å²) in [5, 5.41) is 11.6. The predicted molar refractivity (Wildman–Crippen MR) is 76.3 cm³/mol. The summed E-state index contributed by atoms with van der Waals surface area (Å²) in [6, 6.07) is 7.61. The van der Waals surface area contributed by atoms with Crippen LogP contribution in [0.25, 0.3) is 10.9 Å². The maximum atomic E-state index is 9.89. The van der Waals surface area contributed by atoms with E-state index >= 15 is 0 Å². The smallest absolute Gasteiger partial charge is 0.0765 e. The van der Waals surface area contributed by atoms with Crippen LogP contribution >= 0.6 is 11.6 Å². The maximum Gasteiger partial charge on any atom is 0.0765 e. The average Bonchev–Trinajstić information content (AvgIpc) is 2.25. The number of hydrogen-bond acceptors (Lipinski definition) is 3. The fraction of sp³-hybridized carbons (Fsp3) is 0.357. The molecule has 0 atom stereocenters. The summed E-state index contributed by atoms with van der Waals surface area (Å²) < 4.78 is 0. The molecule has 1 aromatic carbocycles. The molecule has 0 aliphatic carbocycles. The van der Waals surface area contributed by atoms with E-state index in [1.165, 1.54) is 0 Å². The molecule has 0 spiro atoms. The number of aromatic nitrogens is 1. The second kappa shape index (κ2) is 4.75. The van der Waals surface area contributed by atoms with E-state index in [-0.39, 0.29) is 0 Å². The van der Waals surface area contributed by atoms with Gasteiger partial charge in [0.1, 0.15) is 0 Å². The molecule has 0 saturated heterocycles. The molecule has 0 unspecified atom stereocenters. The van der Waals surface area contributed by atoms with Crippen LogP contribution in [0, 0.1) is 0 Å². The van der Waals surface area contributed by atoms with Crippen molar-refractivity contribution in [3.05, 3.63) is 35.5 Å². The van der Waals surface area contributed by atoms with Gasteiger partial charge in [-0.2, -0.15) is 0 Å². The van der Waals surface area contributed by atoms with Crippen molar-refractivity contribution in [2.24, 2.45) is 0 Å². The Labute approximate surface area is 112 Å². The zero-order chi connectivity index (χ0) is 13.3. The third-order valence-corrected chi connectivity index (χ3v) is 2.95. The monoisotopic (exact) mass is 264 g/mol. The number of pyridine rings is 1. The number of nitrogens with zero attached hydrogens (tertiary/aromatic N) is 2. The molecule has 0 amide bonds. The highest BCUT2D eigenvalue weighted by molar-refractivity contribution is 6.31. The van der Waals surface area contributed by atoms with E-state index < -0.39 is 5.60 Å². The van der Waals surface area contributed by atoms with E-state index in [0.717, 1.165) is 16.6 Å². The Hall–Kier alpha value is -1.32. The van der Waals surface area contributed by atoms with Gasteiger partial charge in [0.15, 0.2) is 0 Å². The summed E-state index contributed by atoms with van der Waals surface area (Å²) in [4.78, 5) is 6.33. The van der Waals surface area contributed by atoms with Crippen molar-refractivity contribution < 1.29 is 5.11 Å². The fourth-order valence-electron chi connectivity index (χ4n) is 2.10. The molecule has 2 rings (SSSR count). The molecule has 18 heavy (non-hydrogen) atoms. The lowest BCUT2D eigenvalue weighted by molar-refractivity contribution is 0.0887. The number of anilines is 1. The number of halogens is 1. The lowest BCUT2D eigenvalue weighted by Crippen LogP contribution is -2.36. The summed E-state index contributed by atoms with van der Waals surface area (Å²) in [5.41, 5.74) is 1.16. The largest absolute Gasteiger partial charge is 0.389 e. The van der Waals surface area contributed by atoms with E-state index in [2.05, 4.69) is 4.98 Å². The van der Waals surface area contributed by atoms with Gasteiger partial charge in [-0.3, -0.25) is 4.98 Å². The molecule has 0 aliphatic rings. The molecule has 96 valence electrons. The summed E-state index contributed by atoms with van der Waals surface area (Å²) in [6.45, 7) is 4.14. The highest BCUT2D eigenvalue weighted by Crippen LogP contribution is 2.27. The van der Waals surface area contributed by atoms with Crippen LogP contribution in [0.1, 0.15) is 13.8 Å². The van der Waals surface area contributed by atoms with Gasteiger partial charge in [-0.15, -0.1) is 0 Å². The molecule has 0 saturated carbocycles. The van der Waals surface area contributed by atoms with Crippen LogP contribution in [-0.2, 0) is 0 Å². The van der Waals surface area contributed by atoms with Gasteiger partial charge in [-0.1, -0.05) is 11.6 Å². The highest BCUT2D eigenvalue weighted by Gasteiger charge is 2.17. The van der Waals surface area contributed by atoms with Crippen molar-refractivity contribution >= 4 is 28.2 Å². The third-order valence-electron chi connectivity index (χ3n) is 2.72. The van der Waals surface area contributed by atoms with Crippen LogP contribution in [0.3, 0.4) is 0 Å². The van der Waals surface area contributed by atoms with Crippen LogP contribution in [-0.4, -0.2) is 29.3 Å². The van der Waals surface area contributed by atoms with E-state index in [4.69, 9.17) is 11.6 Å². The van der Waals surface area contributed by atoms with Gasteiger partial charge in [-0.25, -0.2) is 0 Å². The fourth-order valence-corrected chi connectivity index (χ4v) is 2.27. The molecule has 1 N–H and O–H groups in total. The number of hydrogen-bond donors (Lipinski definition) is 1. The standard InChI is InChI=1S/C14H17ClN2O/c1-14(2,18)9-17(3)13-6-7-16-12-8-10(15)4-5-11(12)13/h4-8,18H,9H2,1-3H3. The quantitative estimate of drug-likeness (QED) is 0.926. The number of rotatable bonds is 3. The van der Waals surface area contributed by atoms with Gasteiger partial charge in [0.2, 0.25) is 0 Å². The topological polar surface area (TPSA) is 36.4 Å². The first-order valence-corrected chi connectivity index (χ1v) is 6.22. The third kappa shape index (κ3) is 2.92. The van der Waals surface area contributed by atoms with Crippen molar-refractivity contribution in [1.29, 1.82) is 0 Å². The zero-order valence-corrected chi connectivity index (χ0v) is 11.6. The predicted octanol–water partition coefficient (Wildman–Crippen LogP) is 3.10. The highest BCUT2D eigenvalue weighted by atomic mass is 35.5. The van der Waals surface area contributed by atoms with Crippen molar-refractivity contribution in [3.8, 4) is 0 Å². The number of aliphatic hydroxyl groups is 1. The molecule has 3 nitrogen and oxygen atoms in total. The molecule has 0 radical (unpaired) electrons. The molecule has 0 fully saturated rings. The Morgan fingerprint density at radius 3 is 2.72 bits per heavy atom. The minimum Gasteiger partial charge on any atom is -0.389 e. The van der Waals surface area contributed by atoms with Gasteiger partial charge in [0, 0.05) is 35.9 Å². The Kier molecular flexibility index (Phi) is 3.46. The Balaban J connectivity index is 2.45. The molecule has 1 heterocycles. The molecular formula is C14H17ClN2O. The van der Waals surface area contributed by atoms with Gasteiger partial charge in [0.05, 0.1) is 11.1 Å². The first-order chi connectivity index (χ1) is 8.37. The first-order valence-electron chi connectivity index (χ1n) is 5.85. The summed E-state index contributed by atoms with van der Waals surface area (Å²) in [6.07, 6.45) is 1.76. The van der Waals surface area contributed by atoms with Gasteiger partial charge >= 0.3 is 0 Å². The Bertz CT molecular complexity index is 563. The Morgan fingerprint density at radius 1 is 1.33 bits per heavy atom. The van der Waals surface area contributed by atoms with Crippen LogP contribution < -0.4 is 4.90 Å². The number of likely N-dealkylation sites (N-methyl/N-ethyl adjacent to an activating group) is 1. The Morgan fingerprint density at radius 2 is 2.06 bits per heavy atom. The lowest BCUT2D eigenvalue weighted by Gasteiger charge is -2.28. The van der Waals surface area contributed by atoms with E-state index in [0.29, 0.717) is 11.6 Å². The van der Waals surface area contributed by atoms with Crippen LogP contribution in [0.5, 0.6) is 0 Å². The van der Waals surface area contributed by atoms with E-state index in [1.54, 1.807) is 20.0 Å². The summed E-state index contributed by atoms with van der Waals surface area (Å²) in [5.74, 6) is 0. The van der Waals surface area contributed by atoms with Crippen molar-refractivity contribution in [2.75, 3.05) is 18.5 Å². The lowest BCUT2D eigenvalue weighted by atomic mass is 10.1. The van der Waals surface area contributed by atoms with Crippen LogP contribution in [0.15, 0.2) is 30.5 Å². The summed E-state index contributed by atoms with van der Waals surface area (Å²) in [7, 11) is 1.96. The van der Waals surface area contributed by atoms with E-state index in [9.17, 15) is 5.11 Å². The van der Waals surface area contributed by atoms with Crippen LogP contribution in [0.4, 0.5) is 5.69 Å². The van der Waals surface area contributed by atoms with Gasteiger partial charge < -0.3 is 10.0 Å². The van der Waals surface area contributed by atoms with E-state index in [1.807, 2.05) is 36.2 Å².